The predicted octanol–water partition coefficient (Wildman–Crippen LogP) is 3.73. The lowest BCUT2D eigenvalue weighted by Gasteiger charge is -2.15. The van der Waals surface area contributed by atoms with Crippen LogP contribution in [-0.4, -0.2) is 15.2 Å². The van der Waals surface area contributed by atoms with Gasteiger partial charge in [0.15, 0.2) is 5.15 Å². The minimum Gasteiger partial charge on any atom is -0.217 e. The van der Waals surface area contributed by atoms with Gasteiger partial charge in [0.05, 0.1) is 0 Å². The highest BCUT2D eigenvalue weighted by Crippen LogP contribution is 2.33. The van der Waals surface area contributed by atoms with E-state index in [-0.39, 0.29) is 0 Å². The predicted molar refractivity (Wildman–Crippen MR) is 74.0 cm³/mol. The van der Waals surface area contributed by atoms with Crippen molar-refractivity contribution in [2.45, 2.75) is 34.6 Å². The van der Waals surface area contributed by atoms with Crippen LogP contribution in [-0.2, 0) is 0 Å². The number of hydrogen-bond donors (Lipinski definition) is 0. The third-order valence-electron chi connectivity index (χ3n) is 3.35. The van der Waals surface area contributed by atoms with E-state index in [1.165, 1.54) is 22.3 Å². The van der Waals surface area contributed by atoms with E-state index in [0.717, 1.165) is 5.56 Å². The van der Waals surface area contributed by atoms with Gasteiger partial charge in [0.1, 0.15) is 11.5 Å². The van der Waals surface area contributed by atoms with Gasteiger partial charge in [0, 0.05) is 5.56 Å². The highest BCUT2D eigenvalue weighted by atomic mass is 35.5. The molecule has 4 heteroatoms. The molecule has 0 aliphatic heterocycles. The normalized spacial score (nSPS) is 10.8. The van der Waals surface area contributed by atoms with E-state index in [4.69, 9.17) is 11.6 Å². The largest absolute Gasteiger partial charge is 0.217 e. The van der Waals surface area contributed by atoms with E-state index < -0.39 is 0 Å². The van der Waals surface area contributed by atoms with E-state index in [1.54, 1.807) is 6.92 Å². The van der Waals surface area contributed by atoms with Gasteiger partial charge in [0.2, 0.25) is 0 Å². The van der Waals surface area contributed by atoms with E-state index in [9.17, 15) is 0 Å². The third-order valence-corrected chi connectivity index (χ3v) is 3.62. The van der Waals surface area contributed by atoms with Crippen LogP contribution in [0.25, 0.3) is 11.3 Å². The molecule has 94 valence electrons. The fourth-order valence-corrected chi connectivity index (χ4v) is 2.36. The molecule has 18 heavy (non-hydrogen) atoms. The van der Waals surface area contributed by atoms with Gasteiger partial charge < -0.3 is 0 Å². The second-order valence-electron chi connectivity index (χ2n) is 4.63. The van der Waals surface area contributed by atoms with Crippen molar-refractivity contribution in [3.63, 3.8) is 0 Å². The number of benzene rings is 1. The summed E-state index contributed by atoms with van der Waals surface area (Å²) in [5, 5.41) is 8.64. The van der Waals surface area contributed by atoms with Crippen molar-refractivity contribution in [3.05, 3.63) is 39.3 Å². The smallest absolute Gasteiger partial charge is 0.159 e. The Morgan fingerprint density at radius 2 is 1.44 bits per heavy atom. The quantitative estimate of drug-likeness (QED) is 0.785. The van der Waals surface area contributed by atoms with Gasteiger partial charge in [-0.05, 0) is 56.9 Å². The molecule has 0 saturated carbocycles. The highest BCUT2D eigenvalue weighted by Gasteiger charge is 2.16. The zero-order valence-corrected chi connectivity index (χ0v) is 12.1. The fourth-order valence-electron chi connectivity index (χ4n) is 2.11. The van der Waals surface area contributed by atoms with Gasteiger partial charge in [-0.15, -0.1) is 10.2 Å². The summed E-state index contributed by atoms with van der Waals surface area (Å²) >= 11 is 6.20. The Kier molecular flexibility index (Phi) is 3.35. The van der Waals surface area contributed by atoms with Crippen LogP contribution in [0.5, 0.6) is 0 Å². The summed E-state index contributed by atoms with van der Waals surface area (Å²) in [7, 11) is 0. The minimum atomic E-state index is 0.415. The summed E-state index contributed by atoms with van der Waals surface area (Å²) in [6, 6.07) is 2.18. The lowest BCUT2D eigenvalue weighted by molar-refractivity contribution is 0.911. The Morgan fingerprint density at radius 3 is 1.94 bits per heavy atom. The number of aryl methyl sites for hydroxylation is 3. The second-order valence-corrected chi connectivity index (χ2v) is 4.99. The molecule has 3 nitrogen and oxygen atoms in total. The van der Waals surface area contributed by atoms with E-state index in [0.29, 0.717) is 16.7 Å². The summed E-state index contributed by atoms with van der Waals surface area (Å²) in [5.74, 6) is 0.587. The van der Waals surface area contributed by atoms with Crippen molar-refractivity contribution in [1.82, 2.24) is 15.2 Å². The zero-order valence-electron chi connectivity index (χ0n) is 11.3. The molecular formula is C14H16ClN3. The van der Waals surface area contributed by atoms with Crippen LogP contribution in [0.15, 0.2) is 6.07 Å². The topological polar surface area (TPSA) is 38.7 Å². The molecule has 1 heterocycles. The van der Waals surface area contributed by atoms with Crippen molar-refractivity contribution in [3.8, 4) is 11.3 Å². The molecule has 1 aromatic carbocycles. The lowest BCUT2D eigenvalue weighted by atomic mass is 9.92. The summed E-state index contributed by atoms with van der Waals surface area (Å²) in [6.07, 6.45) is 0. The van der Waals surface area contributed by atoms with Crippen LogP contribution < -0.4 is 0 Å². The Bertz CT molecular complexity index is 595. The fraction of sp³-hybridized carbons (Fsp3) is 0.357. The number of rotatable bonds is 1. The first kappa shape index (κ1) is 13.0. The van der Waals surface area contributed by atoms with Crippen LogP contribution in [0.1, 0.15) is 28.1 Å². The molecule has 1 aromatic heterocycles. The van der Waals surface area contributed by atoms with Gasteiger partial charge in [-0.1, -0.05) is 17.7 Å². The average Bonchev–Trinajstić information content (AvgIpc) is 2.29. The molecule has 2 rings (SSSR count). The molecule has 0 atom stereocenters. The Morgan fingerprint density at radius 1 is 0.889 bits per heavy atom. The number of aromatic nitrogens is 3. The molecule has 0 aliphatic rings. The van der Waals surface area contributed by atoms with Crippen molar-refractivity contribution < 1.29 is 0 Å². The Hall–Kier alpha value is -1.48. The van der Waals surface area contributed by atoms with Gasteiger partial charge in [-0.25, -0.2) is 4.98 Å². The maximum absolute atomic E-state index is 6.20. The number of halogens is 1. The van der Waals surface area contributed by atoms with Crippen LogP contribution in [0.3, 0.4) is 0 Å². The maximum Gasteiger partial charge on any atom is 0.159 e. The summed E-state index contributed by atoms with van der Waals surface area (Å²) in [5.41, 5.74) is 6.54. The monoisotopic (exact) mass is 261 g/mol. The molecule has 0 amide bonds. The van der Waals surface area contributed by atoms with Gasteiger partial charge >= 0.3 is 0 Å². The molecule has 0 spiro atoms. The molecule has 0 fully saturated rings. The summed E-state index contributed by atoms with van der Waals surface area (Å²) in [4.78, 5) is 4.18. The van der Waals surface area contributed by atoms with Crippen molar-refractivity contribution in [1.29, 1.82) is 0 Å². The first-order chi connectivity index (χ1) is 8.41. The maximum atomic E-state index is 6.20. The van der Waals surface area contributed by atoms with Crippen molar-refractivity contribution in [2.24, 2.45) is 0 Å². The van der Waals surface area contributed by atoms with Gasteiger partial charge in [-0.3, -0.25) is 0 Å². The molecule has 0 saturated heterocycles. The summed E-state index contributed by atoms with van der Waals surface area (Å²) in [6.45, 7) is 10.1. The van der Waals surface area contributed by atoms with E-state index in [2.05, 4.69) is 48.9 Å². The number of nitrogens with zero attached hydrogens (tertiary/aromatic N) is 3. The van der Waals surface area contributed by atoms with Crippen LogP contribution in [0.4, 0.5) is 0 Å². The molecule has 0 unspecified atom stereocenters. The second kappa shape index (κ2) is 4.65. The van der Waals surface area contributed by atoms with Gasteiger partial charge in [-0.2, -0.15) is 0 Å². The molecular weight excluding hydrogens is 246 g/mol. The van der Waals surface area contributed by atoms with Gasteiger partial charge in [0.25, 0.3) is 0 Å². The first-order valence-electron chi connectivity index (χ1n) is 5.86. The molecule has 2 aromatic rings. The Balaban J connectivity index is 2.78. The molecule has 0 radical (unpaired) electrons. The molecule has 0 bridgehead atoms. The standard InChI is InChI=1S/C14H16ClN3/c1-7-6-8(2)10(4)12(9(7)3)13-14(15)16-11(5)17-18-13/h6H,1-5H3. The molecule has 0 aliphatic carbocycles. The summed E-state index contributed by atoms with van der Waals surface area (Å²) < 4.78 is 0. The molecule has 0 N–H and O–H groups in total. The zero-order chi connectivity index (χ0) is 13.4. The first-order valence-corrected chi connectivity index (χ1v) is 6.24. The minimum absolute atomic E-state index is 0.415. The van der Waals surface area contributed by atoms with Crippen LogP contribution in [0.2, 0.25) is 5.15 Å². The van der Waals surface area contributed by atoms with Crippen molar-refractivity contribution >= 4 is 11.6 Å². The van der Waals surface area contributed by atoms with E-state index >= 15 is 0 Å². The number of hydrogen-bond acceptors (Lipinski definition) is 3. The average molecular weight is 262 g/mol. The third kappa shape index (κ3) is 2.10. The van der Waals surface area contributed by atoms with E-state index in [1.807, 2.05) is 0 Å². The SMILES string of the molecule is Cc1nnc(-c2c(C)c(C)cc(C)c2C)c(Cl)n1. The highest BCUT2D eigenvalue weighted by molar-refractivity contribution is 6.31. The Labute approximate surface area is 112 Å². The lowest BCUT2D eigenvalue weighted by Crippen LogP contribution is -2.01. The van der Waals surface area contributed by atoms with Crippen LogP contribution >= 0.6 is 11.6 Å². The van der Waals surface area contributed by atoms with Crippen LogP contribution in [0, 0.1) is 34.6 Å². The van der Waals surface area contributed by atoms with Crippen molar-refractivity contribution in [2.75, 3.05) is 0 Å².